The molecule has 4 heterocycles. The summed E-state index contributed by atoms with van der Waals surface area (Å²) in [5.74, 6) is -0.237. The summed E-state index contributed by atoms with van der Waals surface area (Å²) < 4.78 is 27.5. The van der Waals surface area contributed by atoms with Crippen LogP contribution in [0.4, 0.5) is 4.39 Å². The Morgan fingerprint density at radius 1 is 1.27 bits per heavy atom. The zero-order valence-corrected chi connectivity index (χ0v) is 23.2. The van der Waals surface area contributed by atoms with Gasteiger partial charge < -0.3 is 15.4 Å². The first kappa shape index (κ1) is 26.4. The molecule has 10 heteroatoms. The molecule has 0 atom stereocenters. The minimum atomic E-state index is -0.546. The number of ether oxygens (including phenoxy) is 1. The number of carbonyl (C=O) groups is 1. The first-order valence-corrected chi connectivity index (χ1v) is 13.7. The summed E-state index contributed by atoms with van der Waals surface area (Å²) in [4.78, 5) is 26.4. The van der Waals surface area contributed by atoms with Gasteiger partial charge in [0.05, 0.1) is 7.05 Å². The number of nitrogens with zero attached hydrogens (tertiary/aromatic N) is 6. The van der Waals surface area contributed by atoms with Crippen LogP contribution in [-0.2, 0) is 11.8 Å². The normalized spacial score (nSPS) is 17.2. The van der Waals surface area contributed by atoms with E-state index in [1.807, 2.05) is 23.4 Å². The molecule has 1 aliphatic carbocycles. The SMILES string of the molecule is C=CC(=O)N1CCC2(CC=C(c3c(-c4ccc(Oc5nccc(C)n5)c(F)c4)c4c(n3C)=[N+]=C=NC=4N)CC2)CC1. The maximum Gasteiger partial charge on any atom is 0.346 e. The van der Waals surface area contributed by atoms with E-state index in [1.54, 1.807) is 24.4 Å². The number of aromatic nitrogens is 3. The van der Waals surface area contributed by atoms with Crippen molar-refractivity contribution in [3.05, 3.63) is 77.1 Å². The third-order valence-corrected chi connectivity index (χ3v) is 8.46. The van der Waals surface area contributed by atoms with E-state index in [9.17, 15) is 4.79 Å². The number of amides is 1. The molecule has 1 fully saturated rings. The topological polar surface area (TPSA) is 113 Å². The highest BCUT2D eigenvalue weighted by Crippen LogP contribution is 2.46. The van der Waals surface area contributed by atoms with Crippen LogP contribution in [0, 0.1) is 18.2 Å². The van der Waals surface area contributed by atoms with E-state index >= 15 is 4.39 Å². The Morgan fingerprint density at radius 3 is 2.76 bits per heavy atom. The summed E-state index contributed by atoms with van der Waals surface area (Å²) in [5, 5.41) is 0.661. The standard InChI is InChI=1S/C31H30FN7O2/c1-4-24(40)39-15-12-31(13-16-39)10-7-20(8-11-31)27-25(26-28(33)35-18-36-29(26)38(27)3)21-5-6-23(22(32)17-21)41-30-34-14-9-19(2)37-30/h4-7,9,14,17,33H,1,8,10-13,15-16H2,2-3H3/p+1. The van der Waals surface area contributed by atoms with Crippen molar-refractivity contribution < 1.29 is 13.9 Å². The van der Waals surface area contributed by atoms with E-state index < -0.39 is 5.82 Å². The third-order valence-electron chi connectivity index (χ3n) is 8.46. The number of likely N-dealkylation sites (tertiary alicyclic amines) is 1. The van der Waals surface area contributed by atoms with Gasteiger partial charge in [0.2, 0.25) is 11.7 Å². The zero-order chi connectivity index (χ0) is 28.7. The molecular formula is C31H31FN7O2+. The molecule has 1 saturated heterocycles. The van der Waals surface area contributed by atoms with Crippen molar-refractivity contribution in [2.24, 2.45) is 23.2 Å². The molecule has 0 unspecified atom stereocenters. The maximum absolute atomic E-state index is 15.5. The number of benzene rings is 1. The third kappa shape index (κ3) is 4.78. The van der Waals surface area contributed by atoms with Crippen molar-refractivity contribution in [3.63, 3.8) is 0 Å². The second-order valence-corrected chi connectivity index (χ2v) is 10.9. The Balaban J connectivity index is 1.37. The molecule has 208 valence electrons. The summed E-state index contributed by atoms with van der Waals surface area (Å²) in [6.07, 6.45) is 9.93. The lowest BCUT2D eigenvalue weighted by molar-refractivity contribution is -0.128. The van der Waals surface area contributed by atoms with E-state index in [0.29, 0.717) is 16.3 Å². The minimum Gasteiger partial charge on any atom is -0.421 e. The van der Waals surface area contributed by atoms with Crippen LogP contribution < -0.4 is 25.8 Å². The number of aliphatic imine (C=N–C) groups is 1. The first-order chi connectivity index (χ1) is 19.8. The van der Waals surface area contributed by atoms with Gasteiger partial charge in [0.1, 0.15) is 10.9 Å². The number of aryl methyl sites for hydroxylation is 1. The molecule has 0 radical (unpaired) electrons. The average molecular weight is 553 g/mol. The molecule has 9 nitrogen and oxygen atoms in total. The summed E-state index contributed by atoms with van der Waals surface area (Å²) in [5.41, 5.74) is 11.4. The second kappa shape index (κ2) is 10.3. The Bertz CT molecular complexity index is 1820. The number of hydrogen-bond acceptors (Lipinski definition) is 6. The Hall–Kier alpha value is -4.78. The molecule has 2 aliphatic heterocycles. The van der Waals surface area contributed by atoms with Crippen LogP contribution in [0.2, 0.25) is 0 Å². The molecule has 0 bridgehead atoms. The van der Waals surface area contributed by atoms with Crippen LogP contribution in [-0.4, -0.2) is 44.4 Å². The summed E-state index contributed by atoms with van der Waals surface area (Å²) in [6.45, 7) is 6.93. The lowest BCUT2D eigenvalue weighted by Crippen LogP contribution is -2.43. The lowest BCUT2D eigenvalue weighted by Gasteiger charge is -2.43. The number of carbonyl (C=O) groups excluding carboxylic acids is 1. The molecule has 6 rings (SSSR count). The molecule has 0 saturated carbocycles. The molecule has 3 aliphatic rings. The lowest BCUT2D eigenvalue weighted by atomic mass is 9.68. The van der Waals surface area contributed by atoms with Gasteiger partial charge in [-0.1, -0.05) is 18.7 Å². The van der Waals surface area contributed by atoms with Crippen molar-refractivity contribution in [3.8, 4) is 22.9 Å². The molecule has 2 N–H and O–H groups in total. The van der Waals surface area contributed by atoms with Crippen molar-refractivity contribution in [1.29, 1.82) is 0 Å². The highest BCUT2D eigenvalue weighted by molar-refractivity contribution is 5.87. The van der Waals surface area contributed by atoms with Crippen LogP contribution in [0.25, 0.3) is 22.5 Å². The van der Waals surface area contributed by atoms with Gasteiger partial charge in [0.25, 0.3) is 0 Å². The molecule has 1 spiro atoms. The zero-order valence-electron chi connectivity index (χ0n) is 23.2. The van der Waals surface area contributed by atoms with Gasteiger partial charge in [-0.15, -0.1) is 0 Å². The highest BCUT2D eigenvalue weighted by Gasteiger charge is 2.38. The predicted molar refractivity (Wildman–Crippen MR) is 153 cm³/mol. The van der Waals surface area contributed by atoms with Crippen molar-refractivity contribution in [2.75, 3.05) is 13.1 Å². The van der Waals surface area contributed by atoms with Gasteiger partial charge in [-0.05, 0) is 84.8 Å². The van der Waals surface area contributed by atoms with Crippen LogP contribution in [0.3, 0.4) is 0 Å². The largest absolute Gasteiger partial charge is 0.421 e. The fraction of sp³-hybridized carbons (Fsp3) is 0.323. The summed E-state index contributed by atoms with van der Waals surface area (Å²) in [7, 11) is 1.94. The van der Waals surface area contributed by atoms with Crippen LogP contribution in [0.1, 0.15) is 43.5 Å². The van der Waals surface area contributed by atoms with Crippen molar-refractivity contribution >= 4 is 23.3 Å². The van der Waals surface area contributed by atoms with Gasteiger partial charge in [0, 0.05) is 30.5 Å². The molecule has 1 aromatic carbocycles. The molecular weight excluding hydrogens is 521 g/mol. The predicted octanol–water partition coefficient (Wildman–Crippen LogP) is 2.98. The van der Waals surface area contributed by atoms with E-state index in [4.69, 9.17) is 10.5 Å². The molecule has 1 amide bonds. The maximum atomic E-state index is 15.5. The smallest absolute Gasteiger partial charge is 0.346 e. The van der Waals surface area contributed by atoms with Gasteiger partial charge in [-0.3, -0.25) is 4.79 Å². The summed E-state index contributed by atoms with van der Waals surface area (Å²) >= 11 is 0. The number of halogens is 1. The van der Waals surface area contributed by atoms with E-state index in [0.717, 1.165) is 67.7 Å². The fourth-order valence-electron chi connectivity index (χ4n) is 6.14. The number of nitrogens with two attached hydrogens (primary N) is 1. The Kier molecular flexibility index (Phi) is 6.66. The fourth-order valence-corrected chi connectivity index (χ4v) is 6.14. The molecule has 41 heavy (non-hydrogen) atoms. The van der Waals surface area contributed by atoms with Gasteiger partial charge in [-0.25, -0.2) is 18.9 Å². The van der Waals surface area contributed by atoms with E-state index in [-0.39, 0.29) is 28.9 Å². The van der Waals surface area contributed by atoms with E-state index in [2.05, 4.69) is 38.3 Å². The van der Waals surface area contributed by atoms with E-state index in [1.165, 1.54) is 12.1 Å². The summed E-state index contributed by atoms with van der Waals surface area (Å²) in [6, 6.07) is 9.29. The van der Waals surface area contributed by atoms with Gasteiger partial charge >= 0.3 is 17.5 Å². The number of fused-ring (bicyclic) bond motifs is 1. The monoisotopic (exact) mass is 552 g/mol. The number of allylic oxidation sites excluding steroid dienone is 2. The van der Waals surface area contributed by atoms with Crippen LogP contribution in [0.5, 0.6) is 11.8 Å². The Morgan fingerprint density at radius 2 is 2.07 bits per heavy atom. The minimum absolute atomic E-state index is 0.00223. The molecule has 3 aromatic rings. The average Bonchev–Trinajstić information content (AvgIpc) is 3.28. The van der Waals surface area contributed by atoms with Crippen LogP contribution in [0.15, 0.2) is 54.2 Å². The van der Waals surface area contributed by atoms with Gasteiger partial charge in [-0.2, -0.15) is 4.67 Å². The Labute approximate surface area is 236 Å². The second-order valence-electron chi connectivity index (χ2n) is 10.9. The van der Waals surface area contributed by atoms with Crippen molar-refractivity contribution in [1.82, 2.24) is 24.1 Å². The molecule has 2 aromatic heterocycles. The quantitative estimate of drug-likeness (QED) is 0.386. The number of rotatable bonds is 5. The first-order valence-electron chi connectivity index (χ1n) is 13.7. The number of piperidine rings is 1. The highest BCUT2D eigenvalue weighted by atomic mass is 19.1. The van der Waals surface area contributed by atoms with Crippen LogP contribution >= 0.6 is 0 Å². The van der Waals surface area contributed by atoms with Crippen molar-refractivity contribution in [2.45, 2.75) is 39.0 Å². The van der Waals surface area contributed by atoms with Gasteiger partial charge in [0.15, 0.2) is 11.6 Å². The number of hydrogen-bond donors (Lipinski definition) is 1.